The minimum atomic E-state index is -1.79. The zero-order valence-corrected chi connectivity index (χ0v) is 18.0. The number of hydrogen-bond donors (Lipinski definition) is 2. The van der Waals surface area contributed by atoms with Gasteiger partial charge in [0.05, 0.1) is 28.5 Å². The highest BCUT2D eigenvalue weighted by Crippen LogP contribution is 2.44. The second kappa shape index (κ2) is 8.40. The number of ether oxygens (including phenoxy) is 1. The highest BCUT2D eigenvalue weighted by molar-refractivity contribution is 6.36. The van der Waals surface area contributed by atoms with Gasteiger partial charge in [-0.1, -0.05) is 23.2 Å². The Morgan fingerprint density at radius 1 is 1.16 bits per heavy atom. The number of benzene rings is 1. The number of aromatic hydroxyl groups is 1. The number of rotatable bonds is 4. The molecule has 0 aliphatic carbocycles. The van der Waals surface area contributed by atoms with E-state index in [1.54, 1.807) is 0 Å². The lowest BCUT2D eigenvalue weighted by atomic mass is 10.0. The second-order valence-electron chi connectivity index (χ2n) is 6.53. The Bertz CT molecular complexity index is 1100. The van der Waals surface area contributed by atoms with E-state index in [2.05, 4.69) is 10.3 Å². The molecule has 0 radical (unpaired) electrons. The van der Waals surface area contributed by atoms with Gasteiger partial charge >= 0.3 is 6.03 Å². The van der Waals surface area contributed by atoms with Gasteiger partial charge in [-0.15, -0.1) is 0 Å². The Labute approximate surface area is 186 Å². The summed E-state index contributed by atoms with van der Waals surface area (Å²) in [6, 6.07) is 3.42. The first kappa shape index (κ1) is 22.3. The van der Waals surface area contributed by atoms with Crippen LogP contribution in [0.15, 0.2) is 24.4 Å². The van der Waals surface area contributed by atoms with Crippen LogP contribution in [-0.4, -0.2) is 64.8 Å². The Kier molecular flexibility index (Phi) is 6.05. The smallest absolute Gasteiger partial charge is 0.332 e. The highest BCUT2D eigenvalue weighted by atomic mass is 35.5. The van der Waals surface area contributed by atoms with Crippen LogP contribution in [0, 0.1) is 5.92 Å². The average Bonchev–Trinajstić information content (AvgIpc) is 2.72. The lowest BCUT2D eigenvalue weighted by Gasteiger charge is -2.32. The van der Waals surface area contributed by atoms with Crippen molar-refractivity contribution in [1.82, 2.24) is 14.8 Å². The summed E-state index contributed by atoms with van der Waals surface area (Å²) in [6.07, 6.45) is 1.36. The van der Waals surface area contributed by atoms with E-state index in [-0.39, 0.29) is 22.2 Å². The molecule has 12 heteroatoms. The van der Waals surface area contributed by atoms with E-state index in [0.29, 0.717) is 20.4 Å². The van der Waals surface area contributed by atoms with E-state index in [1.165, 1.54) is 31.5 Å². The number of imide groups is 2. The molecule has 1 aromatic heterocycles. The van der Waals surface area contributed by atoms with Crippen LogP contribution in [0.4, 0.5) is 10.5 Å². The minimum Gasteiger partial charge on any atom is -0.503 e. The molecule has 0 atom stereocenters. The molecule has 31 heavy (non-hydrogen) atoms. The Morgan fingerprint density at radius 2 is 1.77 bits per heavy atom. The number of phenols is 1. The van der Waals surface area contributed by atoms with Crippen LogP contribution in [0.25, 0.3) is 11.3 Å². The van der Waals surface area contributed by atoms with Crippen molar-refractivity contribution in [2.45, 2.75) is 0 Å². The Hall–Kier alpha value is -3.37. The zero-order chi connectivity index (χ0) is 23.0. The lowest BCUT2D eigenvalue weighted by Crippen LogP contribution is -2.59. The fraction of sp³-hybridized carbons (Fsp3) is 0.211. The second-order valence-corrected chi connectivity index (χ2v) is 7.37. The van der Waals surface area contributed by atoms with Crippen LogP contribution in [-0.2, 0) is 14.4 Å². The van der Waals surface area contributed by atoms with Crippen molar-refractivity contribution in [1.29, 1.82) is 0 Å². The first-order valence-corrected chi connectivity index (χ1v) is 9.45. The maximum atomic E-state index is 12.7. The first-order chi connectivity index (χ1) is 14.6. The fourth-order valence-electron chi connectivity index (χ4n) is 3.01. The van der Waals surface area contributed by atoms with Gasteiger partial charge in [0, 0.05) is 25.9 Å². The van der Waals surface area contributed by atoms with Crippen molar-refractivity contribution >= 4 is 52.6 Å². The molecule has 2 heterocycles. The predicted molar refractivity (Wildman–Crippen MR) is 111 cm³/mol. The molecule has 2 aromatic rings. The molecule has 2 N–H and O–H groups in total. The standard InChI is InChI=1S/C19H16Cl2N4O6/c1-24-17(28)12(18(29)25(2)19(24)30)16(27)23-11-5-4-9(15(31-3)14(11)26)13-10(21)6-8(20)7-22-13/h4-7,12,26H,1-3H3,(H,23,27). The van der Waals surface area contributed by atoms with E-state index in [0.717, 1.165) is 14.1 Å². The van der Waals surface area contributed by atoms with Crippen LogP contribution < -0.4 is 10.1 Å². The van der Waals surface area contributed by atoms with Gasteiger partial charge in [0.1, 0.15) is 0 Å². The number of carbonyl (C=O) groups is 4. The molecule has 3 rings (SSSR count). The number of hydrogen-bond acceptors (Lipinski definition) is 7. The summed E-state index contributed by atoms with van der Waals surface area (Å²) in [5.74, 6) is -5.30. The van der Waals surface area contributed by atoms with Gasteiger partial charge in [0.15, 0.2) is 17.4 Å². The molecule has 5 amide bonds. The number of methoxy groups -OCH3 is 1. The number of phenolic OH excluding ortho intramolecular Hbond substituents is 1. The third-order valence-electron chi connectivity index (χ3n) is 4.65. The maximum absolute atomic E-state index is 12.7. The summed E-state index contributed by atoms with van der Waals surface area (Å²) in [5, 5.41) is 13.5. The number of nitrogens with one attached hydrogen (secondary N) is 1. The molecule has 0 spiro atoms. The molecule has 0 bridgehead atoms. The van der Waals surface area contributed by atoms with Crippen molar-refractivity contribution in [3.63, 3.8) is 0 Å². The molecule has 1 aliphatic rings. The summed E-state index contributed by atoms with van der Waals surface area (Å²) in [4.78, 5) is 54.6. The predicted octanol–water partition coefficient (Wildman–Crippen LogP) is 2.37. The number of halogens is 2. The lowest BCUT2D eigenvalue weighted by molar-refractivity contribution is -0.151. The van der Waals surface area contributed by atoms with Crippen LogP contribution in [0.1, 0.15) is 0 Å². The molecule has 162 valence electrons. The number of carbonyl (C=O) groups excluding carboxylic acids is 4. The van der Waals surface area contributed by atoms with E-state index in [4.69, 9.17) is 27.9 Å². The normalized spacial score (nSPS) is 14.8. The van der Waals surface area contributed by atoms with Crippen molar-refractivity contribution in [2.24, 2.45) is 5.92 Å². The van der Waals surface area contributed by atoms with Crippen LogP contribution in [0.2, 0.25) is 10.0 Å². The van der Waals surface area contributed by atoms with Gasteiger partial charge in [-0.25, -0.2) is 4.79 Å². The van der Waals surface area contributed by atoms with Gasteiger partial charge in [0.2, 0.25) is 5.91 Å². The minimum absolute atomic E-state index is 0.0553. The summed E-state index contributed by atoms with van der Waals surface area (Å²) >= 11 is 12.0. The molecule has 1 saturated heterocycles. The SMILES string of the molecule is COc1c(-c2ncc(Cl)cc2Cl)ccc(NC(=O)C2C(=O)N(C)C(=O)N(C)C2=O)c1O. The van der Waals surface area contributed by atoms with E-state index in [9.17, 15) is 24.3 Å². The van der Waals surface area contributed by atoms with E-state index in [1.807, 2.05) is 0 Å². The van der Waals surface area contributed by atoms with Crippen molar-refractivity contribution in [3.05, 3.63) is 34.4 Å². The summed E-state index contributed by atoms with van der Waals surface area (Å²) in [6.45, 7) is 0. The van der Waals surface area contributed by atoms with Crippen LogP contribution in [0.3, 0.4) is 0 Å². The molecule has 1 aliphatic heterocycles. The highest BCUT2D eigenvalue weighted by Gasteiger charge is 2.46. The Balaban J connectivity index is 1.95. The van der Waals surface area contributed by atoms with Gasteiger partial charge in [-0.05, 0) is 18.2 Å². The third kappa shape index (κ3) is 3.87. The molecular formula is C19H16Cl2N4O6. The number of amides is 5. The molecule has 1 fully saturated rings. The van der Waals surface area contributed by atoms with E-state index < -0.39 is 35.4 Å². The van der Waals surface area contributed by atoms with Crippen LogP contribution in [0.5, 0.6) is 11.5 Å². The summed E-state index contributed by atoms with van der Waals surface area (Å²) < 4.78 is 5.25. The number of anilines is 1. The summed E-state index contributed by atoms with van der Waals surface area (Å²) in [5.41, 5.74) is 0.462. The number of aromatic nitrogens is 1. The topological polar surface area (TPSA) is 129 Å². The number of urea groups is 1. The molecule has 0 unspecified atom stereocenters. The quantitative estimate of drug-likeness (QED) is 0.522. The largest absolute Gasteiger partial charge is 0.503 e. The monoisotopic (exact) mass is 466 g/mol. The molecule has 0 saturated carbocycles. The molecule has 1 aromatic carbocycles. The number of barbiturate groups is 1. The summed E-state index contributed by atoms with van der Waals surface area (Å²) in [7, 11) is 3.61. The maximum Gasteiger partial charge on any atom is 0.332 e. The van der Waals surface area contributed by atoms with E-state index >= 15 is 0 Å². The number of nitrogens with zero attached hydrogens (tertiary/aromatic N) is 3. The average molecular weight is 467 g/mol. The first-order valence-electron chi connectivity index (χ1n) is 8.69. The van der Waals surface area contributed by atoms with Crippen LogP contribution >= 0.6 is 23.2 Å². The van der Waals surface area contributed by atoms with Crippen molar-refractivity contribution in [2.75, 3.05) is 26.5 Å². The van der Waals surface area contributed by atoms with Gasteiger partial charge in [0.25, 0.3) is 11.8 Å². The van der Waals surface area contributed by atoms with Crippen molar-refractivity contribution in [3.8, 4) is 22.8 Å². The van der Waals surface area contributed by atoms with Gasteiger partial charge < -0.3 is 15.2 Å². The third-order valence-corrected chi connectivity index (χ3v) is 5.14. The number of pyridine rings is 1. The van der Waals surface area contributed by atoms with Gasteiger partial charge in [-0.2, -0.15) is 0 Å². The van der Waals surface area contributed by atoms with Crippen molar-refractivity contribution < 1.29 is 29.0 Å². The van der Waals surface area contributed by atoms with Gasteiger partial charge in [-0.3, -0.25) is 29.2 Å². The molecule has 10 nitrogen and oxygen atoms in total. The molecular weight excluding hydrogens is 451 g/mol. The fourth-order valence-corrected chi connectivity index (χ4v) is 3.50. The zero-order valence-electron chi connectivity index (χ0n) is 16.5. The Morgan fingerprint density at radius 3 is 2.32 bits per heavy atom.